The average molecular weight is 686 g/mol. The maximum atomic E-state index is 13.1. The summed E-state index contributed by atoms with van der Waals surface area (Å²) < 4.78 is 44.6. The lowest BCUT2D eigenvalue weighted by atomic mass is 9.78. The van der Waals surface area contributed by atoms with E-state index in [4.69, 9.17) is 25.6 Å². The number of nitrogens with one attached hydrogen (secondary N) is 1. The number of aromatic nitrogens is 3. The lowest BCUT2D eigenvalue weighted by Gasteiger charge is -2.50. The Balaban J connectivity index is 1.45. The minimum Gasteiger partial charge on any atom is -0.489 e. The van der Waals surface area contributed by atoms with Gasteiger partial charge in [0.15, 0.2) is 17.4 Å². The van der Waals surface area contributed by atoms with Crippen LogP contribution in [0.4, 0.5) is 5.13 Å². The minimum atomic E-state index is -4.96. The predicted octanol–water partition coefficient (Wildman–Crippen LogP) is -1.84. The Labute approximate surface area is 265 Å². The summed E-state index contributed by atoms with van der Waals surface area (Å²) in [6, 6.07) is 5.05. The van der Waals surface area contributed by atoms with Crippen molar-refractivity contribution in [2.24, 2.45) is 23.9 Å². The third-order valence-electron chi connectivity index (χ3n) is 7.13. The van der Waals surface area contributed by atoms with Crippen LogP contribution < -0.4 is 26.2 Å². The van der Waals surface area contributed by atoms with Crippen molar-refractivity contribution >= 4 is 61.3 Å². The number of hydrogen-bond donors (Lipinski definition) is 6. The van der Waals surface area contributed by atoms with E-state index in [2.05, 4.69) is 19.7 Å². The fraction of sp³-hybridized carbons (Fsp3) is 0.440. The molecule has 21 heteroatoms. The number of carboxylic acid groups (broad SMARTS) is 1. The molecule has 2 unspecified atom stereocenters. The molecule has 0 aliphatic carbocycles. The van der Waals surface area contributed by atoms with Gasteiger partial charge in [-0.05, 0) is 32.0 Å². The Morgan fingerprint density at radius 3 is 2.63 bits per heavy atom. The zero-order valence-electron chi connectivity index (χ0n) is 24.8. The number of aliphatic hydroxyl groups is 1. The summed E-state index contributed by atoms with van der Waals surface area (Å²) in [7, 11) is -3.15. The number of nitrogens with zero attached hydrogens (tertiary/aromatic N) is 5. The number of carbonyl (C=O) groups is 3. The van der Waals surface area contributed by atoms with Gasteiger partial charge >= 0.3 is 16.4 Å². The van der Waals surface area contributed by atoms with Crippen molar-refractivity contribution in [2.75, 3.05) is 25.4 Å². The quantitative estimate of drug-likeness (QED) is 0.0338. The number of β-lactam (4-membered cyclic amide) rings is 1. The number of carboxylic acids is 1. The maximum absolute atomic E-state index is 13.1. The van der Waals surface area contributed by atoms with Gasteiger partial charge in [-0.15, -0.1) is 20.3 Å². The van der Waals surface area contributed by atoms with Crippen LogP contribution in [0.5, 0.6) is 5.75 Å². The smallest absolute Gasteiger partial charge is 0.418 e. The molecule has 0 radical (unpaired) electrons. The summed E-state index contributed by atoms with van der Waals surface area (Å²) in [6.07, 6.45) is -0.637. The first-order valence-electron chi connectivity index (χ1n) is 13.5. The van der Waals surface area contributed by atoms with Crippen LogP contribution in [0.3, 0.4) is 0 Å². The Hall–Kier alpha value is -4.41. The molecule has 4 rings (SSSR count). The Morgan fingerprint density at radius 1 is 1.33 bits per heavy atom. The number of nitrogens with two attached hydrogens (primary N) is 2. The van der Waals surface area contributed by atoms with Crippen LogP contribution in [0.1, 0.15) is 19.5 Å². The number of fused-ring (bicyclic) bond motifs is 1. The van der Waals surface area contributed by atoms with Gasteiger partial charge in [0.2, 0.25) is 6.20 Å². The molecule has 2 amide bonds. The van der Waals surface area contributed by atoms with Crippen molar-refractivity contribution in [3.8, 4) is 5.75 Å². The second-order valence-electron chi connectivity index (χ2n) is 10.7. The number of aliphatic hydroxyl groups excluding tert-OH is 1. The molecule has 8 N–H and O–H groups in total. The molecule has 0 bridgehead atoms. The number of carbonyl (C=O) groups excluding carboxylic acids is 2. The molecule has 2 aromatic heterocycles. The third-order valence-corrected chi connectivity index (χ3v) is 8.14. The number of aliphatic carboxylic acids is 1. The van der Waals surface area contributed by atoms with Crippen molar-refractivity contribution < 1.29 is 56.1 Å². The highest BCUT2D eigenvalue weighted by atomic mass is 32.3. The van der Waals surface area contributed by atoms with Gasteiger partial charge in [0.05, 0.1) is 23.9 Å². The summed E-state index contributed by atoms with van der Waals surface area (Å²) >= 11 is 0.980. The van der Waals surface area contributed by atoms with Gasteiger partial charge in [-0.3, -0.25) is 14.1 Å². The standard InChI is InChI=1S/C25H32N8O11S2/c1-25(2)16(22(36)33(25)44-46(39,40)41)8-28-21(35)20(17-12-45-24(27)29-17)30-43-19(23(37)38)11-42-15-4-5-18-13(6-15)9-32(31(18)3)10-14(34)7-26/h4-6,9,12,14,16,19,34H,7-8,10-11,26H2,1-3H3,(H4-,27,28,29,35,37,38,39,40,41)/p+1/b30-20-/t14-,16?,19?/m1/s1. The summed E-state index contributed by atoms with van der Waals surface area (Å²) in [5.74, 6) is -3.82. The average Bonchev–Trinajstić information content (AvgIpc) is 3.54. The summed E-state index contributed by atoms with van der Waals surface area (Å²) in [5.41, 5.74) is 10.3. The van der Waals surface area contributed by atoms with E-state index in [-0.39, 0.29) is 30.5 Å². The first kappa shape index (κ1) is 34.5. The van der Waals surface area contributed by atoms with E-state index in [1.807, 2.05) is 4.68 Å². The Bertz CT molecular complexity index is 1770. The fourth-order valence-electron chi connectivity index (χ4n) is 4.55. The molecule has 0 saturated carbocycles. The lowest BCUT2D eigenvalue weighted by Crippen LogP contribution is -2.70. The first-order valence-corrected chi connectivity index (χ1v) is 15.7. The van der Waals surface area contributed by atoms with Gasteiger partial charge in [-0.1, -0.05) is 5.16 Å². The van der Waals surface area contributed by atoms with Crippen molar-refractivity contribution in [2.45, 2.75) is 38.1 Å². The molecule has 3 atom stereocenters. The van der Waals surface area contributed by atoms with E-state index in [0.717, 1.165) is 22.2 Å². The normalized spacial score (nSPS) is 17.8. The SMILES string of the molecule is Cn1c2ccc(OCC(O/N=C(\C(=O)NCC3C(=O)N(OS(=O)(=O)O)C3(C)C)c3csc(N)n3)C(=O)O)cc2c[n+]1C[C@H](O)CN. The van der Waals surface area contributed by atoms with Crippen LogP contribution in [-0.4, -0.2) is 98.9 Å². The van der Waals surface area contributed by atoms with Crippen LogP contribution in [0.15, 0.2) is 34.9 Å². The van der Waals surface area contributed by atoms with Crippen LogP contribution in [0.25, 0.3) is 10.9 Å². The third kappa shape index (κ3) is 7.68. The number of oxime groups is 1. The van der Waals surface area contributed by atoms with E-state index in [1.54, 1.807) is 36.1 Å². The molecule has 0 spiro atoms. The molecule has 46 heavy (non-hydrogen) atoms. The zero-order chi connectivity index (χ0) is 34.0. The van der Waals surface area contributed by atoms with Gasteiger partial charge in [0, 0.05) is 18.5 Å². The lowest BCUT2D eigenvalue weighted by molar-refractivity contribution is -0.775. The number of amides is 2. The second-order valence-corrected chi connectivity index (χ2v) is 12.6. The molecular weight excluding hydrogens is 652 g/mol. The van der Waals surface area contributed by atoms with Crippen molar-refractivity contribution in [3.05, 3.63) is 35.5 Å². The summed E-state index contributed by atoms with van der Waals surface area (Å²) in [6.45, 7) is 2.44. The Morgan fingerprint density at radius 2 is 2.04 bits per heavy atom. The number of benzene rings is 1. The highest BCUT2D eigenvalue weighted by Crippen LogP contribution is 2.37. The van der Waals surface area contributed by atoms with E-state index >= 15 is 0 Å². The molecule has 3 heterocycles. The molecule has 1 fully saturated rings. The number of hydrogen-bond acceptors (Lipinski definition) is 14. The van der Waals surface area contributed by atoms with Gasteiger partial charge in [0.25, 0.3) is 17.9 Å². The summed E-state index contributed by atoms with van der Waals surface area (Å²) in [5, 5.41) is 28.5. The predicted molar refractivity (Wildman–Crippen MR) is 159 cm³/mol. The monoisotopic (exact) mass is 685 g/mol. The first-order chi connectivity index (χ1) is 21.5. The minimum absolute atomic E-state index is 0.0387. The van der Waals surface area contributed by atoms with E-state index in [1.165, 1.54) is 19.2 Å². The number of hydroxylamine groups is 2. The number of thiazole rings is 1. The van der Waals surface area contributed by atoms with Gasteiger partial charge < -0.3 is 36.6 Å². The van der Waals surface area contributed by atoms with Gasteiger partial charge in [-0.25, -0.2) is 9.78 Å². The van der Waals surface area contributed by atoms with Crippen LogP contribution in [-0.2, 0) is 47.5 Å². The van der Waals surface area contributed by atoms with Gasteiger partial charge in [-0.2, -0.15) is 18.2 Å². The van der Waals surface area contributed by atoms with E-state index in [0.29, 0.717) is 10.8 Å². The maximum Gasteiger partial charge on any atom is 0.418 e. The van der Waals surface area contributed by atoms with E-state index < -0.39 is 64.2 Å². The number of rotatable bonds is 15. The topological polar surface area (TPSA) is 275 Å². The molecule has 19 nitrogen and oxygen atoms in total. The highest BCUT2D eigenvalue weighted by molar-refractivity contribution is 7.80. The molecule has 1 aromatic carbocycles. The molecular formula is C25H33N8O11S2+. The molecule has 1 saturated heterocycles. The second kappa shape index (κ2) is 13.5. The Kier molecular flexibility index (Phi) is 10.1. The van der Waals surface area contributed by atoms with Crippen molar-refractivity contribution in [1.29, 1.82) is 0 Å². The molecule has 1 aliphatic rings. The fourth-order valence-corrected chi connectivity index (χ4v) is 5.55. The molecule has 1 aliphatic heterocycles. The van der Waals surface area contributed by atoms with E-state index in [9.17, 15) is 33.0 Å². The largest absolute Gasteiger partial charge is 0.489 e. The van der Waals surface area contributed by atoms with Crippen molar-refractivity contribution in [3.63, 3.8) is 0 Å². The number of ether oxygens (including phenoxy) is 1. The molecule has 3 aromatic rings. The van der Waals surface area contributed by atoms with Gasteiger partial charge in [0.1, 0.15) is 29.7 Å². The number of nitrogen functional groups attached to an aromatic ring is 1. The van der Waals surface area contributed by atoms with Crippen LogP contribution >= 0.6 is 11.3 Å². The van der Waals surface area contributed by atoms with Crippen LogP contribution in [0, 0.1) is 5.92 Å². The molecule has 250 valence electrons. The summed E-state index contributed by atoms with van der Waals surface area (Å²) in [4.78, 5) is 46.7. The van der Waals surface area contributed by atoms with Crippen LogP contribution in [0.2, 0.25) is 0 Å². The van der Waals surface area contributed by atoms with Crippen molar-refractivity contribution in [1.82, 2.24) is 20.0 Å². The number of aryl methyl sites for hydroxylation is 1. The zero-order valence-corrected chi connectivity index (χ0v) is 26.4. The number of anilines is 1. The highest BCUT2D eigenvalue weighted by Gasteiger charge is 2.57.